The van der Waals surface area contributed by atoms with Crippen LogP contribution in [-0.4, -0.2) is 28.3 Å². The molecule has 1 atom stereocenters. The molecule has 156 valence electrons. The van der Waals surface area contributed by atoms with Gasteiger partial charge >= 0.3 is 11.9 Å². The smallest absolute Gasteiger partial charge is 0.334 e. The zero-order chi connectivity index (χ0) is 21.4. The largest absolute Gasteiger partial charge is 0.485 e. The predicted octanol–water partition coefficient (Wildman–Crippen LogP) is 5.86. The predicted molar refractivity (Wildman–Crippen MR) is 113 cm³/mol. The second-order valence-electron chi connectivity index (χ2n) is 6.75. The summed E-state index contributed by atoms with van der Waals surface area (Å²) in [6.07, 6.45) is 8.66. The van der Waals surface area contributed by atoms with E-state index in [2.05, 4.69) is 20.1 Å². The van der Waals surface area contributed by atoms with Gasteiger partial charge in [0, 0.05) is 5.57 Å². The van der Waals surface area contributed by atoms with Gasteiger partial charge in [0.2, 0.25) is 0 Å². The quantitative estimate of drug-likeness (QED) is 0.325. The molecular formula is C23H34O5. The topological polar surface area (TPSA) is 83.8 Å². The second kappa shape index (κ2) is 15.5. The summed E-state index contributed by atoms with van der Waals surface area (Å²) in [7, 11) is 0. The summed E-state index contributed by atoms with van der Waals surface area (Å²) in [5.41, 5.74) is 0.310. The van der Waals surface area contributed by atoms with Crippen LogP contribution >= 0.6 is 0 Å². The highest BCUT2D eigenvalue weighted by molar-refractivity contribution is 5.87. The molecule has 28 heavy (non-hydrogen) atoms. The zero-order valence-corrected chi connectivity index (χ0v) is 17.2. The van der Waals surface area contributed by atoms with E-state index in [1.54, 1.807) is 0 Å². The van der Waals surface area contributed by atoms with Crippen LogP contribution in [0.2, 0.25) is 0 Å². The highest BCUT2D eigenvalue weighted by Gasteiger charge is 2.19. The average molecular weight is 391 g/mol. The van der Waals surface area contributed by atoms with Crippen molar-refractivity contribution in [1.82, 2.24) is 0 Å². The van der Waals surface area contributed by atoms with Gasteiger partial charge in [-0.1, -0.05) is 76.8 Å². The molecule has 0 aliphatic rings. The van der Waals surface area contributed by atoms with Crippen LogP contribution in [0.3, 0.4) is 0 Å². The third kappa shape index (κ3) is 12.7. The van der Waals surface area contributed by atoms with Crippen molar-refractivity contribution in [2.45, 2.75) is 71.3 Å². The van der Waals surface area contributed by atoms with Gasteiger partial charge in [0.25, 0.3) is 0 Å². The van der Waals surface area contributed by atoms with Gasteiger partial charge in [0.05, 0.1) is 5.57 Å². The molecule has 5 heteroatoms. The van der Waals surface area contributed by atoms with Crippen LogP contribution in [0.5, 0.6) is 5.75 Å². The number of ether oxygens (including phenoxy) is 1. The Hall–Kier alpha value is -2.56. The molecule has 0 heterocycles. The Morgan fingerprint density at radius 3 is 1.89 bits per heavy atom. The fourth-order valence-corrected chi connectivity index (χ4v) is 2.39. The van der Waals surface area contributed by atoms with Crippen LogP contribution in [0.1, 0.15) is 65.2 Å². The van der Waals surface area contributed by atoms with Crippen LogP contribution in [0.4, 0.5) is 0 Å². The van der Waals surface area contributed by atoms with Gasteiger partial charge < -0.3 is 14.9 Å². The molecule has 0 spiro atoms. The van der Waals surface area contributed by atoms with E-state index >= 15 is 0 Å². The fraction of sp³-hybridized carbons (Fsp3) is 0.478. The molecule has 0 saturated heterocycles. The van der Waals surface area contributed by atoms with E-state index in [9.17, 15) is 9.59 Å². The highest BCUT2D eigenvalue weighted by Crippen LogP contribution is 2.20. The molecule has 1 unspecified atom stereocenters. The Morgan fingerprint density at radius 1 is 0.929 bits per heavy atom. The van der Waals surface area contributed by atoms with Crippen molar-refractivity contribution in [3.05, 3.63) is 54.6 Å². The van der Waals surface area contributed by atoms with E-state index in [-0.39, 0.29) is 11.1 Å². The summed E-state index contributed by atoms with van der Waals surface area (Å²) in [6, 6.07) is 9.34. The van der Waals surface area contributed by atoms with Crippen molar-refractivity contribution in [3.63, 3.8) is 0 Å². The summed E-state index contributed by atoms with van der Waals surface area (Å²) < 4.78 is 5.80. The van der Waals surface area contributed by atoms with E-state index in [4.69, 9.17) is 14.9 Å². The number of carboxylic acid groups (broad SMARTS) is 2. The molecule has 0 radical (unpaired) electrons. The van der Waals surface area contributed by atoms with Gasteiger partial charge in [0.1, 0.15) is 11.9 Å². The third-order valence-electron chi connectivity index (χ3n) is 4.12. The Morgan fingerprint density at radius 2 is 1.43 bits per heavy atom. The number of unbranched alkanes of at least 4 members (excludes halogenated alkanes) is 6. The van der Waals surface area contributed by atoms with Crippen molar-refractivity contribution in [2.75, 3.05) is 0 Å². The zero-order valence-electron chi connectivity index (χ0n) is 17.2. The number of para-hydroxylation sites is 1. The minimum absolute atomic E-state index is 0.134. The average Bonchev–Trinajstić information content (AvgIpc) is 2.67. The van der Waals surface area contributed by atoms with Gasteiger partial charge in [-0.25, -0.2) is 9.59 Å². The first-order valence-corrected chi connectivity index (χ1v) is 9.82. The van der Waals surface area contributed by atoms with Crippen LogP contribution in [0, 0.1) is 0 Å². The van der Waals surface area contributed by atoms with Crippen LogP contribution in [0.15, 0.2) is 54.6 Å². The lowest BCUT2D eigenvalue weighted by Gasteiger charge is -2.19. The SMILES string of the molecule is C=C(C(=O)O)C(CCCCCCCCC)Oc1ccccc1.C=C(C)C(=O)O. The summed E-state index contributed by atoms with van der Waals surface area (Å²) >= 11 is 0. The van der Waals surface area contributed by atoms with E-state index in [0.29, 0.717) is 12.2 Å². The van der Waals surface area contributed by atoms with Gasteiger partial charge in [0.15, 0.2) is 0 Å². The van der Waals surface area contributed by atoms with Gasteiger partial charge in [-0.15, -0.1) is 0 Å². The fourth-order valence-electron chi connectivity index (χ4n) is 2.39. The summed E-state index contributed by atoms with van der Waals surface area (Å²) in [5.74, 6) is -1.23. The number of aliphatic carboxylic acids is 2. The minimum atomic E-state index is -0.983. The highest BCUT2D eigenvalue weighted by atomic mass is 16.5. The van der Waals surface area contributed by atoms with Gasteiger partial charge in [-0.3, -0.25) is 0 Å². The molecule has 5 nitrogen and oxygen atoms in total. The Bertz CT molecular complexity index is 595. The van der Waals surface area contributed by atoms with Gasteiger partial charge in [-0.05, 0) is 31.9 Å². The molecular weight excluding hydrogens is 356 g/mol. The van der Waals surface area contributed by atoms with Crippen molar-refractivity contribution in [2.24, 2.45) is 0 Å². The standard InChI is InChI=1S/C19H28O3.C4H6O2/c1-3-4-5-6-7-8-12-15-18(16(2)19(20)21)22-17-13-10-9-11-14-17;1-3(2)4(5)6/h9-11,13-14,18H,2-8,12,15H2,1H3,(H,20,21);1H2,2H3,(H,5,6). The molecule has 1 aromatic carbocycles. The third-order valence-corrected chi connectivity index (χ3v) is 4.12. The lowest BCUT2D eigenvalue weighted by atomic mass is 10.0. The summed E-state index contributed by atoms with van der Waals surface area (Å²) in [6.45, 7) is 10.5. The molecule has 0 aliphatic carbocycles. The second-order valence-corrected chi connectivity index (χ2v) is 6.75. The Labute approximate surface area is 168 Å². The Balaban J connectivity index is 0.00000105. The van der Waals surface area contributed by atoms with E-state index in [1.807, 2.05) is 30.3 Å². The lowest BCUT2D eigenvalue weighted by Crippen LogP contribution is -2.23. The van der Waals surface area contributed by atoms with Crippen LogP contribution < -0.4 is 4.74 Å². The molecule has 0 aliphatic heterocycles. The summed E-state index contributed by atoms with van der Waals surface area (Å²) in [5, 5.41) is 17.0. The molecule has 1 rings (SSSR count). The maximum absolute atomic E-state index is 11.2. The first-order valence-electron chi connectivity index (χ1n) is 9.82. The first kappa shape index (κ1) is 25.4. The molecule has 1 aromatic rings. The number of carboxylic acids is 2. The van der Waals surface area contributed by atoms with E-state index in [0.717, 1.165) is 12.8 Å². The van der Waals surface area contributed by atoms with Crippen LogP contribution in [0.25, 0.3) is 0 Å². The molecule has 2 N–H and O–H groups in total. The van der Waals surface area contributed by atoms with Crippen LogP contribution in [-0.2, 0) is 9.59 Å². The van der Waals surface area contributed by atoms with Crippen molar-refractivity contribution in [1.29, 1.82) is 0 Å². The van der Waals surface area contributed by atoms with Crippen molar-refractivity contribution >= 4 is 11.9 Å². The molecule has 0 bridgehead atoms. The van der Waals surface area contributed by atoms with E-state index in [1.165, 1.54) is 39.0 Å². The monoisotopic (exact) mass is 390 g/mol. The number of hydrogen-bond acceptors (Lipinski definition) is 3. The first-order chi connectivity index (χ1) is 13.3. The lowest BCUT2D eigenvalue weighted by molar-refractivity contribution is -0.134. The normalized spacial score (nSPS) is 10.9. The van der Waals surface area contributed by atoms with Crippen molar-refractivity contribution < 1.29 is 24.5 Å². The maximum atomic E-state index is 11.2. The Kier molecular flexibility index (Phi) is 14.1. The molecule has 0 saturated carbocycles. The number of carbonyl (C=O) groups is 2. The number of rotatable bonds is 13. The van der Waals surface area contributed by atoms with Crippen molar-refractivity contribution in [3.8, 4) is 5.75 Å². The van der Waals surface area contributed by atoms with E-state index < -0.39 is 18.0 Å². The summed E-state index contributed by atoms with van der Waals surface area (Å²) in [4.78, 5) is 20.8. The molecule has 0 aromatic heterocycles. The number of benzene rings is 1. The van der Waals surface area contributed by atoms with Gasteiger partial charge in [-0.2, -0.15) is 0 Å². The maximum Gasteiger partial charge on any atom is 0.334 e. The minimum Gasteiger partial charge on any atom is -0.485 e. The molecule has 0 fully saturated rings. The number of hydrogen-bond donors (Lipinski definition) is 2. The molecule has 0 amide bonds.